The van der Waals surface area contributed by atoms with E-state index >= 15 is 0 Å². The number of likely N-dealkylation sites (N-methyl/N-ethyl adjacent to an activating group) is 1. The Morgan fingerprint density at radius 3 is 2.53 bits per heavy atom. The van der Waals surface area contributed by atoms with E-state index in [1.165, 1.54) is 44.9 Å². The molecule has 0 aromatic carbocycles. The van der Waals surface area contributed by atoms with Gasteiger partial charge >= 0.3 is 0 Å². The molecule has 0 amide bonds. The predicted molar refractivity (Wildman–Crippen MR) is 71.3 cm³/mol. The Balaban J connectivity index is 1.97. The van der Waals surface area contributed by atoms with Crippen molar-refractivity contribution >= 4 is 0 Å². The van der Waals surface area contributed by atoms with Gasteiger partial charge in [0.2, 0.25) is 0 Å². The lowest BCUT2D eigenvalue weighted by Gasteiger charge is -2.36. The molecule has 0 bridgehead atoms. The van der Waals surface area contributed by atoms with E-state index in [-0.39, 0.29) is 0 Å². The van der Waals surface area contributed by atoms with E-state index in [1.807, 2.05) is 7.11 Å². The second kappa shape index (κ2) is 6.72. The van der Waals surface area contributed by atoms with Gasteiger partial charge in [0.05, 0.1) is 6.61 Å². The Labute approximate surface area is 106 Å². The van der Waals surface area contributed by atoms with Crippen LogP contribution in [0.5, 0.6) is 0 Å². The van der Waals surface area contributed by atoms with Crippen molar-refractivity contribution in [2.24, 2.45) is 0 Å². The van der Waals surface area contributed by atoms with Crippen LogP contribution in [-0.4, -0.2) is 50.3 Å². The predicted octanol–water partition coefficient (Wildman–Crippen LogP) is 2.02. The summed E-state index contributed by atoms with van der Waals surface area (Å²) >= 11 is 0. The van der Waals surface area contributed by atoms with Crippen LogP contribution >= 0.6 is 0 Å². The number of hydrogen-bond acceptors (Lipinski definition) is 3. The molecule has 100 valence electrons. The molecule has 2 aliphatic carbocycles. The summed E-state index contributed by atoms with van der Waals surface area (Å²) in [6.45, 7) is 1.99. The quantitative estimate of drug-likeness (QED) is 0.719. The van der Waals surface area contributed by atoms with Crippen LogP contribution in [-0.2, 0) is 4.74 Å². The first-order chi connectivity index (χ1) is 8.36. The molecule has 0 aromatic heterocycles. The number of nitrogens with zero attached hydrogens (tertiary/aromatic N) is 1. The summed E-state index contributed by atoms with van der Waals surface area (Å²) in [7, 11) is 3.94. The van der Waals surface area contributed by atoms with Gasteiger partial charge in [0.15, 0.2) is 0 Å². The number of ether oxygens (including phenoxy) is 1. The van der Waals surface area contributed by atoms with Gasteiger partial charge in [0.1, 0.15) is 0 Å². The zero-order chi connectivity index (χ0) is 12.1. The highest BCUT2D eigenvalue weighted by Gasteiger charge is 2.36. The summed E-state index contributed by atoms with van der Waals surface area (Å²) in [4.78, 5) is 2.73. The standard InChI is InChI=1S/C14H28N2O/c1-15-13-6-4-3-5-7-14(13)16(10-11-17-2)12-8-9-12/h12-15H,3-11H2,1-2H3. The maximum atomic E-state index is 5.28. The third-order valence-electron chi connectivity index (χ3n) is 4.35. The zero-order valence-electron chi connectivity index (χ0n) is 11.5. The number of hydrogen-bond donors (Lipinski definition) is 1. The second-order valence-corrected chi connectivity index (χ2v) is 5.56. The van der Waals surface area contributed by atoms with Gasteiger partial charge in [0.25, 0.3) is 0 Å². The fourth-order valence-corrected chi connectivity index (χ4v) is 3.24. The van der Waals surface area contributed by atoms with E-state index in [2.05, 4.69) is 17.3 Å². The van der Waals surface area contributed by atoms with Crippen molar-refractivity contribution in [2.75, 3.05) is 27.3 Å². The average molecular weight is 240 g/mol. The van der Waals surface area contributed by atoms with Crippen LogP contribution in [0.1, 0.15) is 44.9 Å². The molecular weight excluding hydrogens is 212 g/mol. The number of nitrogens with one attached hydrogen (secondary N) is 1. The first-order valence-corrected chi connectivity index (χ1v) is 7.28. The minimum absolute atomic E-state index is 0.690. The molecule has 2 unspecified atom stereocenters. The third kappa shape index (κ3) is 3.67. The Morgan fingerprint density at radius 1 is 1.12 bits per heavy atom. The monoisotopic (exact) mass is 240 g/mol. The highest BCUT2D eigenvalue weighted by atomic mass is 16.5. The molecule has 3 nitrogen and oxygen atoms in total. The third-order valence-corrected chi connectivity index (χ3v) is 4.35. The summed E-state index contributed by atoms with van der Waals surface area (Å²) < 4.78 is 5.28. The van der Waals surface area contributed by atoms with Crippen molar-refractivity contribution in [3.05, 3.63) is 0 Å². The van der Waals surface area contributed by atoms with E-state index < -0.39 is 0 Å². The van der Waals surface area contributed by atoms with Gasteiger partial charge in [-0.1, -0.05) is 19.3 Å². The first-order valence-electron chi connectivity index (χ1n) is 7.28. The SMILES string of the molecule is CNC1CCCCCC1N(CCOC)C1CC1. The van der Waals surface area contributed by atoms with Gasteiger partial charge in [-0.3, -0.25) is 4.90 Å². The molecule has 0 heterocycles. The van der Waals surface area contributed by atoms with Gasteiger partial charge in [0, 0.05) is 31.8 Å². The molecule has 2 fully saturated rings. The molecule has 3 heteroatoms. The van der Waals surface area contributed by atoms with Crippen molar-refractivity contribution < 1.29 is 4.74 Å². The molecule has 1 N–H and O–H groups in total. The Hall–Kier alpha value is -0.120. The molecule has 2 aliphatic rings. The topological polar surface area (TPSA) is 24.5 Å². The lowest BCUT2D eigenvalue weighted by Crippen LogP contribution is -2.50. The summed E-state index contributed by atoms with van der Waals surface area (Å²) in [5.41, 5.74) is 0. The smallest absolute Gasteiger partial charge is 0.0589 e. The van der Waals surface area contributed by atoms with Crippen molar-refractivity contribution in [1.29, 1.82) is 0 Å². The highest BCUT2D eigenvalue weighted by molar-refractivity contribution is 4.94. The van der Waals surface area contributed by atoms with Crippen LogP contribution in [0.2, 0.25) is 0 Å². The highest BCUT2D eigenvalue weighted by Crippen LogP contribution is 2.33. The molecule has 2 atom stereocenters. The molecule has 2 rings (SSSR count). The minimum atomic E-state index is 0.690. The molecule has 0 aromatic rings. The molecular formula is C14H28N2O. The van der Waals surface area contributed by atoms with E-state index in [4.69, 9.17) is 4.74 Å². The maximum absolute atomic E-state index is 5.28. The largest absolute Gasteiger partial charge is 0.383 e. The lowest BCUT2D eigenvalue weighted by molar-refractivity contribution is 0.0931. The van der Waals surface area contributed by atoms with Crippen LogP contribution < -0.4 is 5.32 Å². The molecule has 0 radical (unpaired) electrons. The van der Waals surface area contributed by atoms with Gasteiger partial charge in [-0.2, -0.15) is 0 Å². The van der Waals surface area contributed by atoms with E-state index in [0.29, 0.717) is 6.04 Å². The summed E-state index contributed by atoms with van der Waals surface area (Å²) in [5.74, 6) is 0. The fraction of sp³-hybridized carbons (Fsp3) is 1.00. The van der Waals surface area contributed by atoms with E-state index in [9.17, 15) is 0 Å². The zero-order valence-corrected chi connectivity index (χ0v) is 11.5. The van der Waals surface area contributed by atoms with Crippen molar-refractivity contribution in [2.45, 2.75) is 63.1 Å². The summed E-state index contributed by atoms with van der Waals surface area (Å²) in [5, 5.41) is 3.55. The Morgan fingerprint density at radius 2 is 1.88 bits per heavy atom. The van der Waals surface area contributed by atoms with Crippen LogP contribution in [0.4, 0.5) is 0 Å². The first kappa shape index (κ1) is 13.3. The normalized spacial score (nSPS) is 30.5. The van der Waals surface area contributed by atoms with E-state index in [0.717, 1.165) is 25.2 Å². The van der Waals surface area contributed by atoms with Crippen LogP contribution in [0.15, 0.2) is 0 Å². The maximum Gasteiger partial charge on any atom is 0.0589 e. The van der Waals surface area contributed by atoms with Gasteiger partial charge in [-0.15, -0.1) is 0 Å². The van der Waals surface area contributed by atoms with Crippen LogP contribution in [0.25, 0.3) is 0 Å². The van der Waals surface area contributed by atoms with Crippen molar-refractivity contribution in [1.82, 2.24) is 10.2 Å². The lowest BCUT2D eigenvalue weighted by atomic mass is 10.0. The minimum Gasteiger partial charge on any atom is -0.383 e. The molecule has 0 spiro atoms. The molecule has 0 saturated heterocycles. The Kier molecular flexibility index (Phi) is 5.26. The second-order valence-electron chi connectivity index (χ2n) is 5.56. The van der Waals surface area contributed by atoms with Gasteiger partial charge in [-0.05, 0) is 32.7 Å². The van der Waals surface area contributed by atoms with Crippen molar-refractivity contribution in [3.8, 4) is 0 Å². The summed E-state index contributed by atoms with van der Waals surface area (Å²) in [6, 6.07) is 2.28. The summed E-state index contributed by atoms with van der Waals surface area (Å²) in [6.07, 6.45) is 9.72. The number of rotatable bonds is 6. The average Bonchev–Trinajstić information content (AvgIpc) is 3.16. The molecule has 17 heavy (non-hydrogen) atoms. The number of methoxy groups -OCH3 is 1. The van der Waals surface area contributed by atoms with Crippen molar-refractivity contribution in [3.63, 3.8) is 0 Å². The fourth-order valence-electron chi connectivity index (χ4n) is 3.24. The Bertz CT molecular complexity index is 218. The van der Waals surface area contributed by atoms with E-state index in [1.54, 1.807) is 0 Å². The van der Waals surface area contributed by atoms with Crippen LogP contribution in [0, 0.1) is 0 Å². The molecule has 2 saturated carbocycles. The van der Waals surface area contributed by atoms with Gasteiger partial charge in [-0.25, -0.2) is 0 Å². The van der Waals surface area contributed by atoms with Crippen LogP contribution in [0.3, 0.4) is 0 Å². The molecule has 0 aliphatic heterocycles. The van der Waals surface area contributed by atoms with Gasteiger partial charge < -0.3 is 10.1 Å².